The van der Waals surface area contributed by atoms with E-state index in [1.165, 1.54) is 29.0 Å². The van der Waals surface area contributed by atoms with Crippen LogP contribution in [-0.2, 0) is 6.42 Å². The Labute approximate surface area is 225 Å². The molecular weight excluding hydrogens is 552 g/mol. The van der Waals surface area contributed by atoms with Crippen molar-refractivity contribution in [1.82, 2.24) is 0 Å². The fourth-order valence-corrected chi connectivity index (χ4v) is 5.36. The van der Waals surface area contributed by atoms with Gasteiger partial charge in [0.25, 0.3) is 0 Å². The number of aryl methyl sites for hydroxylation is 2. The topological polar surface area (TPSA) is 29.5 Å². The van der Waals surface area contributed by atoms with Gasteiger partial charge in [0.15, 0.2) is 0 Å². The first-order valence-corrected chi connectivity index (χ1v) is 13.4. The zero-order valence-corrected chi connectivity index (χ0v) is 22.3. The van der Waals surface area contributed by atoms with Crippen LogP contribution in [0.25, 0.3) is 20.5 Å². The lowest BCUT2D eigenvalue weighted by atomic mass is 9.95. The van der Waals surface area contributed by atoms with Crippen molar-refractivity contribution in [2.24, 2.45) is 0 Å². The van der Waals surface area contributed by atoms with Gasteiger partial charge in [-0.1, -0.05) is 38.0 Å². The van der Waals surface area contributed by atoms with Crippen molar-refractivity contribution in [2.75, 3.05) is 13.2 Å². The number of unbranched alkanes of at least 4 members (excludes halogenated alkanes) is 2. The molecule has 1 heterocycles. The van der Waals surface area contributed by atoms with Crippen molar-refractivity contribution in [3.05, 3.63) is 53.6 Å². The maximum absolute atomic E-state index is 14.1. The lowest BCUT2D eigenvalue weighted by molar-refractivity contribution is -0.368. The number of hydrogen-bond acceptors (Lipinski definition) is 3. The third-order valence-electron chi connectivity index (χ3n) is 6.54. The molecule has 3 aromatic rings. The molecule has 0 fully saturated rings. The number of alkyl halides is 8. The minimum Gasteiger partial charge on any atom is -0.493 e. The molecule has 0 saturated heterocycles. The largest absolute Gasteiger partial charge is 0.493 e. The number of thiophene rings is 1. The second kappa shape index (κ2) is 12.0. The molecule has 0 spiro atoms. The molecule has 2 nitrogen and oxygen atoms in total. The summed E-state index contributed by atoms with van der Waals surface area (Å²) in [5.74, 6) is -23.8. The molecule has 1 aromatic heterocycles. The molecular formula is C28H30F8O2S. The van der Waals surface area contributed by atoms with Crippen LogP contribution in [0.1, 0.15) is 50.2 Å². The summed E-state index contributed by atoms with van der Waals surface area (Å²) < 4.78 is 116. The van der Waals surface area contributed by atoms with Gasteiger partial charge >= 0.3 is 23.7 Å². The predicted octanol–water partition coefficient (Wildman–Crippen LogP) is 9.30. The van der Waals surface area contributed by atoms with E-state index in [4.69, 9.17) is 9.84 Å². The van der Waals surface area contributed by atoms with Gasteiger partial charge in [-0.25, -0.2) is 0 Å². The molecule has 3 rings (SSSR count). The van der Waals surface area contributed by atoms with E-state index in [0.29, 0.717) is 0 Å². The molecule has 216 valence electrons. The van der Waals surface area contributed by atoms with Crippen LogP contribution in [-0.4, -0.2) is 42.0 Å². The van der Waals surface area contributed by atoms with Crippen LogP contribution in [0.4, 0.5) is 35.1 Å². The number of aliphatic hydroxyl groups excluding tert-OH is 1. The molecule has 0 aliphatic rings. The summed E-state index contributed by atoms with van der Waals surface area (Å²) in [5, 5.41) is 9.27. The minimum absolute atomic E-state index is 0.0374. The molecule has 2 aromatic carbocycles. The van der Waals surface area contributed by atoms with E-state index in [0.717, 1.165) is 51.8 Å². The van der Waals surface area contributed by atoms with Gasteiger partial charge in [-0.15, -0.1) is 11.3 Å². The van der Waals surface area contributed by atoms with E-state index in [1.807, 2.05) is 19.1 Å². The number of ether oxygens (including phenoxy) is 1. The Morgan fingerprint density at radius 2 is 1.49 bits per heavy atom. The predicted molar refractivity (Wildman–Crippen MR) is 137 cm³/mol. The van der Waals surface area contributed by atoms with Gasteiger partial charge in [0.1, 0.15) is 5.75 Å². The fourth-order valence-electron chi connectivity index (χ4n) is 4.18. The average Bonchev–Trinajstić information content (AvgIpc) is 3.27. The van der Waals surface area contributed by atoms with E-state index in [9.17, 15) is 35.1 Å². The molecule has 0 atom stereocenters. The lowest BCUT2D eigenvalue weighted by Crippen LogP contribution is -2.62. The van der Waals surface area contributed by atoms with E-state index in [1.54, 1.807) is 6.07 Å². The summed E-state index contributed by atoms with van der Waals surface area (Å²) in [7, 11) is 0. The third-order valence-corrected chi connectivity index (χ3v) is 7.67. The van der Waals surface area contributed by atoms with Crippen LogP contribution in [0.15, 0.2) is 42.5 Å². The first-order chi connectivity index (χ1) is 18.2. The van der Waals surface area contributed by atoms with Gasteiger partial charge in [0.05, 0.1) is 13.0 Å². The molecule has 0 aliphatic carbocycles. The quantitative estimate of drug-likeness (QED) is 0.152. The first kappa shape index (κ1) is 31.1. The number of rotatable bonds is 14. The Morgan fingerprint density at radius 1 is 0.821 bits per heavy atom. The number of hydrogen-bond donors (Lipinski definition) is 1. The minimum atomic E-state index is -6.38. The number of benzene rings is 2. The van der Waals surface area contributed by atoms with E-state index < -0.39 is 49.7 Å². The van der Waals surface area contributed by atoms with Crippen molar-refractivity contribution < 1.29 is 45.0 Å². The summed E-state index contributed by atoms with van der Waals surface area (Å²) in [6.45, 7) is 1.46. The third kappa shape index (κ3) is 6.51. The Kier molecular flexibility index (Phi) is 9.58. The summed E-state index contributed by atoms with van der Waals surface area (Å²) in [4.78, 5) is 0.956. The summed E-state index contributed by atoms with van der Waals surface area (Å²) >= 11 is 1.41. The molecule has 1 N–H and O–H groups in total. The Balaban J connectivity index is 1.70. The Morgan fingerprint density at radius 3 is 2.10 bits per heavy atom. The Bertz CT molecular complexity index is 1260. The highest BCUT2D eigenvalue weighted by atomic mass is 32.1. The molecule has 0 amide bonds. The molecule has 39 heavy (non-hydrogen) atoms. The number of aliphatic hydroxyl groups is 1. The maximum atomic E-state index is 14.1. The normalized spacial score (nSPS) is 13.3. The van der Waals surface area contributed by atoms with Crippen LogP contribution in [0.5, 0.6) is 5.75 Å². The molecule has 0 bridgehead atoms. The lowest BCUT2D eigenvalue weighted by Gasteiger charge is -2.36. The summed E-state index contributed by atoms with van der Waals surface area (Å²) in [6, 6.07) is 12.8. The molecule has 0 saturated carbocycles. The SMILES string of the molecule is CCCCCc1ccc(-c2cc3ccc(OCCC(F)(F)C(F)(F)C(F)(F)C(F)(F)CCO)cc3s2)c(C)c1. The second-order valence-corrected chi connectivity index (χ2v) is 10.6. The molecule has 0 unspecified atom stereocenters. The highest BCUT2D eigenvalue weighted by Gasteiger charge is 2.79. The van der Waals surface area contributed by atoms with Crippen molar-refractivity contribution in [3.63, 3.8) is 0 Å². The molecule has 11 heteroatoms. The van der Waals surface area contributed by atoms with Crippen LogP contribution in [0.2, 0.25) is 0 Å². The van der Waals surface area contributed by atoms with Crippen LogP contribution in [0.3, 0.4) is 0 Å². The smallest absolute Gasteiger partial charge is 0.378 e. The second-order valence-electron chi connectivity index (χ2n) is 9.55. The van der Waals surface area contributed by atoms with Gasteiger partial charge in [-0.2, -0.15) is 35.1 Å². The monoisotopic (exact) mass is 582 g/mol. The van der Waals surface area contributed by atoms with Crippen molar-refractivity contribution in [1.29, 1.82) is 0 Å². The molecule has 0 aliphatic heterocycles. The van der Waals surface area contributed by atoms with Gasteiger partial charge < -0.3 is 9.84 Å². The van der Waals surface area contributed by atoms with Gasteiger partial charge in [0, 0.05) is 22.6 Å². The van der Waals surface area contributed by atoms with E-state index >= 15 is 0 Å². The van der Waals surface area contributed by atoms with Crippen LogP contribution < -0.4 is 4.74 Å². The fraction of sp³-hybridized carbons (Fsp3) is 0.500. The summed E-state index contributed by atoms with van der Waals surface area (Å²) in [5.41, 5.74) is 3.37. The average molecular weight is 583 g/mol. The van der Waals surface area contributed by atoms with Gasteiger partial charge in [0.2, 0.25) is 0 Å². The standard InChI is InChI=1S/C28H30F8O2S/c1-3-4-5-6-19-7-10-22(18(2)15-19)24-16-20-8-9-21(17-23(20)39-24)38-14-12-26(31,32)28(35,36)27(33,34)25(29,30)11-13-37/h7-10,15-17,37H,3-6,11-14H2,1-2H3. The Hall–Kier alpha value is -2.40. The van der Waals surface area contributed by atoms with Crippen LogP contribution in [0, 0.1) is 6.92 Å². The van der Waals surface area contributed by atoms with Gasteiger partial charge in [-0.3, -0.25) is 0 Å². The van der Waals surface area contributed by atoms with Crippen LogP contribution >= 0.6 is 11.3 Å². The zero-order valence-electron chi connectivity index (χ0n) is 21.5. The van der Waals surface area contributed by atoms with E-state index in [2.05, 4.69) is 19.1 Å². The number of halogens is 8. The van der Waals surface area contributed by atoms with Crippen molar-refractivity contribution in [3.8, 4) is 16.2 Å². The molecule has 0 radical (unpaired) electrons. The first-order valence-electron chi connectivity index (χ1n) is 12.6. The van der Waals surface area contributed by atoms with Crippen molar-refractivity contribution in [2.45, 2.75) is 76.1 Å². The maximum Gasteiger partial charge on any atom is 0.378 e. The van der Waals surface area contributed by atoms with Crippen molar-refractivity contribution >= 4 is 21.4 Å². The zero-order chi connectivity index (χ0) is 29.1. The van der Waals surface area contributed by atoms with E-state index in [-0.39, 0.29) is 5.75 Å². The highest BCUT2D eigenvalue weighted by molar-refractivity contribution is 7.22. The van der Waals surface area contributed by atoms with Gasteiger partial charge in [-0.05, 0) is 66.1 Å². The summed E-state index contributed by atoms with van der Waals surface area (Å²) in [6.07, 6.45) is 0.392. The number of fused-ring (bicyclic) bond motifs is 1. The highest BCUT2D eigenvalue weighted by Crippen LogP contribution is 2.54.